The van der Waals surface area contributed by atoms with Gasteiger partial charge in [0.1, 0.15) is 0 Å². The number of thioether (sulfide) groups is 1. The SMILES string of the molecule is Cc1nc(SCC(=O)Nc2ccc(-c3ccccc3)cc2)nc(C)c1C. The number of aromatic nitrogens is 2. The number of hydrogen-bond acceptors (Lipinski definition) is 4. The lowest BCUT2D eigenvalue weighted by Gasteiger charge is -2.08. The van der Waals surface area contributed by atoms with Crippen molar-refractivity contribution in [1.82, 2.24) is 9.97 Å². The number of hydrogen-bond donors (Lipinski definition) is 1. The first-order chi connectivity index (χ1) is 12.5. The maximum atomic E-state index is 12.2. The Morgan fingerprint density at radius 3 is 2.08 bits per heavy atom. The molecule has 0 fully saturated rings. The molecule has 4 nitrogen and oxygen atoms in total. The third-order valence-electron chi connectivity index (χ3n) is 4.22. The van der Waals surface area contributed by atoms with Crippen LogP contribution in [0.2, 0.25) is 0 Å². The first-order valence-electron chi connectivity index (χ1n) is 8.43. The molecule has 26 heavy (non-hydrogen) atoms. The highest BCUT2D eigenvalue weighted by atomic mass is 32.2. The second-order valence-corrected chi connectivity index (χ2v) is 7.02. The highest BCUT2D eigenvalue weighted by Gasteiger charge is 2.09. The molecular weight excluding hydrogens is 342 g/mol. The van der Waals surface area contributed by atoms with Gasteiger partial charge in [-0.3, -0.25) is 4.79 Å². The Morgan fingerprint density at radius 1 is 0.885 bits per heavy atom. The van der Waals surface area contributed by atoms with Crippen molar-refractivity contribution in [3.63, 3.8) is 0 Å². The van der Waals surface area contributed by atoms with Gasteiger partial charge < -0.3 is 5.32 Å². The lowest BCUT2D eigenvalue weighted by Crippen LogP contribution is -2.14. The minimum atomic E-state index is -0.0676. The fourth-order valence-electron chi connectivity index (χ4n) is 2.51. The zero-order chi connectivity index (χ0) is 18.5. The number of carbonyl (C=O) groups is 1. The predicted molar refractivity (Wildman–Crippen MR) is 107 cm³/mol. The summed E-state index contributed by atoms with van der Waals surface area (Å²) in [7, 11) is 0. The molecule has 1 N–H and O–H groups in total. The van der Waals surface area contributed by atoms with Crippen LogP contribution in [0.1, 0.15) is 17.0 Å². The molecule has 0 saturated heterocycles. The summed E-state index contributed by atoms with van der Waals surface area (Å²) in [5, 5.41) is 3.56. The monoisotopic (exact) mass is 363 g/mol. The average molecular weight is 363 g/mol. The number of nitrogens with one attached hydrogen (secondary N) is 1. The Kier molecular flexibility index (Phi) is 5.68. The standard InChI is InChI=1S/C21H21N3OS/c1-14-15(2)22-21(23-16(14)3)26-13-20(25)24-19-11-9-18(10-12-19)17-7-5-4-6-8-17/h4-12H,13H2,1-3H3,(H,24,25). The largest absolute Gasteiger partial charge is 0.325 e. The Morgan fingerprint density at radius 2 is 1.46 bits per heavy atom. The van der Waals surface area contributed by atoms with Gasteiger partial charge in [-0.1, -0.05) is 54.2 Å². The molecule has 0 aliphatic heterocycles. The van der Waals surface area contributed by atoms with Gasteiger partial charge in [-0.25, -0.2) is 9.97 Å². The van der Waals surface area contributed by atoms with Crippen LogP contribution in [0, 0.1) is 20.8 Å². The second kappa shape index (κ2) is 8.15. The Labute approximate surface area is 158 Å². The van der Waals surface area contributed by atoms with Gasteiger partial charge in [0.15, 0.2) is 5.16 Å². The normalized spacial score (nSPS) is 10.6. The summed E-state index contributed by atoms with van der Waals surface area (Å²) in [5.74, 6) is 0.212. The summed E-state index contributed by atoms with van der Waals surface area (Å²) in [5.41, 5.74) is 6.07. The third-order valence-corrected chi connectivity index (χ3v) is 5.07. The summed E-state index contributed by atoms with van der Waals surface area (Å²) in [6.07, 6.45) is 0. The number of amides is 1. The second-order valence-electron chi connectivity index (χ2n) is 6.08. The third kappa shape index (κ3) is 4.49. The number of anilines is 1. The maximum absolute atomic E-state index is 12.2. The van der Waals surface area contributed by atoms with Crippen LogP contribution in [0.25, 0.3) is 11.1 Å². The van der Waals surface area contributed by atoms with Gasteiger partial charge in [0, 0.05) is 17.1 Å². The first-order valence-corrected chi connectivity index (χ1v) is 9.41. The number of nitrogens with zero attached hydrogens (tertiary/aromatic N) is 2. The number of rotatable bonds is 5. The summed E-state index contributed by atoms with van der Waals surface area (Å²) < 4.78 is 0. The molecule has 0 spiro atoms. The molecular formula is C21H21N3OS. The summed E-state index contributed by atoms with van der Waals surface area (Å²) in [6, 6.07) is 18.0. The fraction of sp³-hybridized carbons (Fsp3) is 0.190. The van der Waals surface area contributed by atoms with E-state index in [2.05, 4.69) is 27.4 Å². The van der Waals surface area contributed by atoms with E-state index in [0.717, 1.165) is 33.8 Å². The highest BCUT2D eigenvalue weighted by molar-refractivity contribution is 7.99. The molecule has 5 heteroatoms. The van der Waals surface area contributed by atoms with Crippen LogP contribution in [-0.4, -0.2) is 21.6 Å². The lowest BCUT2D eigenvalue weighted by molar-refractivity contribution is -0.113. The van der Waals surface area contributed by atoms with Gasteiger partial charge in [-0.05, 0) is 49.6 Å². The molecule has 1 amide bonds. The predicted octanol–water partition coefficient (Wildman–Crippen LogP) is 4.80. The minimum Gasteiger partial charge on any atom is -0.325 e. The van der Waals surface area contributed by atoms with Gasteiger partial charge in [-0.2, -0.15) is 0 Å². The van der Waals surface area contributed by atoms with Crippen LogP contribution < -0.4 is 5.32 Å². The van der Waals surface area contributed by atoms with Gasteiger partial charge in [-0.15, -0.1) is 0 Å². The Balaban J connectivity index is 1.58. The maximum Gasteiger partial charge on any atom is 0.234 e. The van der Waals surface area contributed by atoms with Gasteiger partial charge in [0.05, 0.1) is 5.75 Å². The highest BCUT2D eigenvalue weighted by Crippen LogP contribution is 2.22. The Bertz CT molecular complexity index is 885. The van der Waals surface area contributed by atoms with Crippen molar-refractivity contribution in [1.29, 1.82) is 0 Å². The summed E-state index contributed by atoms with van der Waals surface area (Å²) >= 11 is 1.35. The number of benzene rings is 2. The van der Waals surface area contributed by atoms with Crippen LogP contribution in [0.4, 0.5) is 5.69 Å². The van der Waals surface area contributed by atoms with Crippen LogP contribution in [0.15, 0.2) is 59.8 Å². The molecule has 0 saturated carbocycles. The van der Waals surface area contributed by atoms with Crippen molar-refractivity contribution in [2.75, 3.05) is 11.1 Å². The fourth-order valence-corrected chi connectivity index (χ4v) is 3.25. The molecule has 1 heterocycles. The average Bonchev–Trinajstić information content (AvgIpc) is 2.65. The van der Waals surface area contributed by atoms with E-state index in [-0.39, 0.29) is 11.7 Å². The lowest BCUT2D eigenvalue weighted by atomic mass is 10.1. The van der Waals surface area contributed by atoms with Crippen molar-refractivity contribution >= 4 is 23.4 Å². The summed E-state index contributed by atoms with van der Waals surface area (Å²) in [4.78, 5) is 21.0. The molecule has 0 aliphatic carbocycles. The van der Waals surface area contributed by atoms with Crippen molar-refractivity contribution in [2.45, 2.75) is 25.9 Å². The van der Waals surface area contributed by atoms with E-state index >= 15 is 0 Å². The van der Waals surface area contributed by atoms with Crippen LogP contribution in [0.5, 0.6) is 0 Å². The zero-order valence-electron chi connectivity index (χ0n) is 15.1. The van der Waals surface area contributed by atoms with Crippen molar-refractivity contribution in [3.8, 4) is 11.1 Å². The zero-order valence-corrected chi connectivity index (χ0v) is 15.9. The van der Waals surface area contributed by atoms with E-state index in [9.17, 15) is 4.79 Å². The smallest absolute Gasteiger partial charge is 0.234 e. The van der Waals surface area contributed by atoms with Crippen molar-refractivity contribution in [3.05, 3.63) is 71.5 Å². The molecule has 1 aromatic heterocycles. The van der Waals surface area contributed by atoms with Gasteiger partial charge in [0.25, 0.3) is 0 Å². The number of aryl methyl sites for hydroxylation is 2. The topological polar surface area (TPSA) is 54.9 Å². The minimum absolute atomic E-state index is 0.0676. The Hall–Kier alpha value is -2.66. The van der Waals surface area contributed by atoms with E-state index in [1.807, 2.05) is 63.2 Å². The molecule has 132 valence electrons. The van der Waals surface area contributed by atoms with Crippen molar-refractivity contribution < 1.29 is 4.79 Å². The molecule has 3 rings (SSSR count). The van der Waals surface area contributed by atoms with E-state index in [1.165, 1.54) is 11.8 Å². The van der Waals surface area contributed by atoms with Crippen molar-refractivity contribution in [2.24, 2.45) is 0 Å². The van der Waals surface area contributed by atoms with E-state index in [0.29, 0.717) is 5.16 Å². The van der Waals surface area contributed by atoms with E-state index in [1.54, 1.807) is 0 Å². The van der Waals surface area contributed by atoms with E-state index in [4.69, 9.17) is 0 Å². The molecule has 0 radical (unpaired) electrons. The van der Waals surface area contributed by atoms with Gasteiger partial charge >= 0.3 is 0 Å². The molecule has 0 bridgehead atoms. The van der Waals surface area contributed by atoms with Crippen LogP contribution in [0.3, 0.4) is 0 Å². The van der Waals surface area contributed by atoms with Gasteiger partial charge in [0.2, 0.25) is 5.91 Å². The molecule has 3 aromatic rings. The van der Waals surface area contributed by atoms with Crippen LogP contribution >= 0.6 is 11.8 Å². The quantitative estimate of drug-likeness (QED) is 0.522. The number of carbonyl (C=O) groups excluding carboxylic acids is 1. The van der Waals surface area contributed by atoms with Crippen LogP contribution in [-0.2, 0) is 4.79 Å². The first kappa shape index (κ1) is 18.1. The molecule has 0 aliphatic rings. The summed E-state index contributed by atoms with van der Waals surface area (Å²) in [6.45, 7) is 5.93. The molecule has 0 atom stereocenters. The molecule has 2 aromatic carbocycles. The van der Waals surface area contributed by atoms with E-state index < -0.39 is 0 Å². The molecule has 0 unspecified atom stereocenters.